The van der Waals surface area contributed by atoms with E-state index < -0.39 is 24.1 Å². The van der Waals surface area contributed by atoms with Crippen LogP contribution in [-0.2, 0) is 14.3 Å². The van der Waals surface area contributed by atoms with Gasteiger partial charge in [0, 0.05) is 12.0 Å². The Morgan fingerprint density at radius 1 is 1.32 bits per heavy atom. The van der Waals surface area contributed by atoms with Gasteiger partial charge in [-0.15, -0.1) is 0 Å². The number of fused-ring (bicyclic) bond motifs is 1. The summed E-state index contributed by atoms with van der Waals surface area (Å²) in [5.74, 6) is -1.29. The number of allylic oxidation sites excluding steroid dienone is 2. The van der Waals surface area contributed by atoms with Gasteiger partial charge in [0.15, 0.2) is 0 Å². The molecule has 0 amide bonds. The summed E-state index contributed by atoms with van der Waals surface area (Å²) in [7, 11) is 0. The van der Waals surface area contributed by atoms with E-state index in [-0.39, 0.29) is 5.92 Å². The predicted molar refractivity (Wildman–Crippen MR) is 91.8 cm³/mol. The van der Waals surface area contributed by atoms with Gasteiger partial charge < -0.3 is 13.9 Å². The van der Waals surface area contributed by atoms with Crippen molar-refractivity contribution < 1.29 is 23.5 Å². The zero-order valence-electron chi connectivity index (χ0n) is 14.5. The van der Waals surface area contributed by atoms with E-state index in [4.69, 9.17) is 13.9 Å². The fraction of sp³-hybridized carbons (Fsp3) is 0.400. The molecule has 0 radical (unpaired) electrons. The van der Waals surface area contributed by atoms with Gasteiger partial charge in [0.25, 0.3) is 0 Å². The second-order valence-electron chi connectivity index (χ2n) is 6.68. The van der Waals surface area contributed by atoms with E-state index in [1.54, 1.807) is 6.07 Å². The molecule has 1 saturated heterocycles. The zero-order chi connectivity index (χ0) is 18.0. The molecule has 3 atom stereocenters. The summed E-state index contributed by atoms with van der Waals surface area (Å²) in [4.78, 5) is 24.5. The van der Waals surface area contributed by atoms with Gasteiger partial charge in [-0.2, -0.15) is 0 Å². The van der Waals surface area contributed by atoms with Gasteiger partial charge in [0.05, 0.1) is 17.7 Å². The van der Waals surface area contributed by atoms with Crippen molar-refractivity contribution in [1.82, 2.24) is 0 Å². The number of furan rings is 1. The SMILES string of the molecule is C=C1C(=O)O[C@@H]2C=C(C)CCC=C(C)C[C@@H](OC(=O)c3ccoc3)[C@@H]12. The molecule has 1 aromatic heterocycles. The average Bonchev–Trinajstić information content (AvgIpc) is 3.16. The topological polar surface area (TPSA) is 65.7 Å². The molecule has 1 aromatic rings. The molecule has 0 bridgehead atoms. The molecule has 132 valence electrons. The summed E-state index contributed by atoms with van der Waals surface area (Å²) in [5.41, 5.74) is 2.96. The van der Waals surface area contributed by atoms with Crippen molar-refractivity contribution in [1.29, 1.82) is 0 Å². The van der Waals surface area contributed by atoms with Crippen molar-refractivity contribution in [2.24, 2.45) is 5.92 Å². The highest BCUT2D eigenvalue weighted by atomic mass is 16.6. The number of hydrogen-bond acceptors (Lipinski definition) is 5. The van der Waals surface area contributed by atoms with Gasteiger partial charge in [-0.3, -0.25) is 0 Å². The largest absolute Gasteiger partial charge is 0.472 e. The molecule has 1 aliphatic heterocycles. The van der Waals surface area contributed by atoms with Crippen molar-refractivity contribution in [3.8, 4) is 0 Å². The standard InChI is InChI=1S/C20H22O5/c1-12-5-4-6-13(2)10-17(25-20(22)15-7-8-23-11-15)18-14(3)19(21)24-16(18)9-12/h6-9,11,16-18H,3-5,10H2,1-2H3/t16-,17-,18+/m1/s1. The minimum atomic E-state index is -0.523. The Bertz CT molecular complexity index is 738. The van der Waals surface area contributed by atoms with E-state index in [0.717, 1.165) is 24.0 Å². The minimum absolute atomic E-state index is 0.345. The number of esters is 2. The first kappa shape index (κ1) is 17.3. The molecule has 2 aliphatic rings. The number of ether oxygens (including phenoxy) is 2. The number of carbonyl (C=O) groups excluding carboxylic acids is 2. The maximum Gasteiger partial charge on any atom is 0.341 e. The molecule has 0 spiro atoms. The van der Waals surface area contributed by atoms with Crippen molar-refractivity contribution in [2.75, 3.05) is 0 Å². The van der Waals surface area contributed by atoms with Crippen LogP contribution in [0.4, 0.5) is 0 Å². The first-order valence-electron chi connectivity index (χ1n) is 8.41. The van der Waals surface area contributed by atoms with E-state index in [9.17, 15) is 9.59 Å². The summed E-state index contributed by atoms with van der Waals surface area (Å²) in [6.07, 6.45) is 8.24. The molecule has 0 aromatic carbocycles. The Morgan fingerprint density at radius 2 is 2.12 bits per heavy atom. The number of rotatable bonds is 2. The quantitative estimate of drug-likeness (QED) is 0.462. The van der Waals surface area contributed by atoms with Gasteiger partial charge in [-0.1, -0.05) is 23.8 Å². The molecule has 2 heterocycles. The lowest BCUT2D eigenvalue weighted by Gasteiger charge is -2.27. The fourth-order valence-corrected chi connectivity index (χ4v) is 3.32. The molecule has 0 unspecified atom stereocenters. The lowest BCUT2D eigenvalue weighted by Crippen LogP contribution is -2.33. The van der Waals surface area contributed by atoms with Crippen LogP contribution in [0.3, 0.4) is 0 Å². The Morgan fingerprint density at radius 3 is 2.84 bits per heavy atom. The third-order valence-electron chi connectivity index (χ3n) is 4.68. The van der Waals surface area contributed by atoms with E-state index in [0.29, 0.717) is 17.6 Å². The van der Waals surface area contributed by atoms with Gasteiger partial charge in [-0.25, -0.2) is 9.59 Å². The molecule has 25 heavy (non-hydrogen) atoms. The van der Waals surface area contributed by atoms with Crippen LogP contribution in [0.25, 0.3) is 0 Å². The average molecular weight is 342 g/mol. The highest BCUT2D eigenvalue weighted by Gasteiger charge is 2.44. The third kappa shape index (κ3) is 3.76. The monoisotopic (exact) mass is 342 g/mol. The van der Waals surface area contributed by atoms with Crippen molar-refractivity contribution in [2.45, 2.75) is 45.3 Å². The second-order valence-corrected chi connectivity index (χ2v) is 6.68. The highest BCUT2D eigenvalue weighted by molar-refractivity contribution is 5.92. The Kier molecular flexibility index (Phi) is 4.93. The number of hydrogen-bond donors (Lipinski definition) is 0. The van der Waals surface area contributed by atoms with E-state index in [2.05, 4.69) is 12.7 Å². The van der Waals surface area contributed by atoms with E-state index in [1.165, 1.54) is 12.5 Å². The van der Waals surface area contributed by atoms with Crippen LogP contribution in [-0.4, -0.2) is 24.1 Å². The maximum absolute atomic E-state index is 12.4. The Balaban J connectivity index is 1.93. The molecular formula is C20H22O5. The second kappa shape index (κ2) is 7.13. The van der Waals surface area contributed by atoms with Crippen LogP contribution >= 0.6 is 0 Å². The lowest BCUT2D eigenvalue weighted by molar-refractivity contribution is -0.137. The van der Waals surface area contributed by atoms with Crippen molar-refractivity contribution >= 4 is 11.9 Å². The smallest absolute Gasteiger partial charge is 0.341 e. The molecular weight excluding hydrogens is 320 g/mol. The van der Waals surface area contributed by atoms with Gasteiger partial charge in [0.1, 0.15) is 18.5 Å². The zero-order valence-corrected chi connectivity index (χ0v) is 14.5. The Labute approximate surface area is 147 Å². The lowest BCUT2D eigenvalue weighted by atomic mass is 9.85. The molecule has 3 rings (SSSR count). The van der Waals surface area contributed by atoms with Crippen LogP contribution in [0.1, 0.15) is 43.5 Å². The van der Waals surface area contributed by atoms with Crippen LogP contribution in [0.2, 0.25) is 0 Å². The minimum Gasteiger partial charge on any atom is -0.472 e. The summed E-state index contributed by atoms with van der Waals surface area (Å²) < 4.78 is 16.2. The third-order valence-corrected chi connectivity index (χ3v) is 4.68. The van der Waals surface area contributed by atoms with Crippen molar-refractivity contribution in [3.05, 3.63) is 59.6 Å². The number of carbonyl (C=O) groups is 2. The first-order chi connectivity index (χ1) is 12.0. The van der Waals surface area contributed by atoms with Crippen LogP contribution in [0.5, 0.6) is 0 Å². The summed E-state index contributed by atoms with van der Waals surface area (Å²) in [6.45, 7) is 7.91. The summed E-state index contributed by atoms with van der Waals surface area (Å²) in [6, 6.07) is 1.55. The van der Waals surface area contributed by atoms with Gasteiger partial charge >= 0.3 is 11.9 Å². The molecule has 5 nitrogen and oxygen atoms in total. The van der Waals surface area contributed by atoms with E-state index in [1.807, 2.05) is 19.9 Å². The summed E-state index contributed by atoms with van der Waals surface area (Å²) in [5, 5.41) is 0. The molecule has 1 aliphatic carbocycles. The predicted octanol–water partition coefficient (Wildman–Crippen LogP) is 3.98. The first-order valence-corrected chi connectivity index (χ1v) is 8.41. The highest BCUT2D eigenvalue weighted by Crippen LogP contribution is 2.36. The summed E-state index contributed by atoms with van der Waals surface area (Å²) >= 11 is 0. The maximum atomic E-state index is 12.4. The van der Waals surface area contributed by atoms with Crippen LogP contribution in [0.15, 0.2) is 58.5 Å². The fourth-order valence-electron chi connectivity index (χ4n) is 3.32. The van der Waals surface area contributed by atoms with Crippen molar-refractivity contribution in [3.63, 3.8) is 0 Å². The molecule has 1 fully saturated rings. The van der Waals surface area contributed by atoms with Crippen LogP contribution < -0.4 is 0 Å². The molecule has 5 heteroatoms. The van der Waals surface area contributed by atoms with Crippen LogP contribution in [0, 0.1) is 5.92 Å². The van der Waals surface area contributed by atoms with Gasteiger partial charge in [0.2, 0.25) is 0 Å². The van der Waals surface area contributed by atoms with E-state index >= 15 is 0 Å². The Hall–Kier alpha value is -2.56. The molecule has 0 N–H and O–H groups in total. The van der Waals surface area contributed by atoms with Gasteiger partial charge in [-0.05, 0) is 38.8 Å². The molecule has 0 saturated carbocycles. The normalized spacial score (nSPS) is 27.0.